The van der Waals surface area contributed by atoms with Gasteiger partial charge in [0.25, 0.3) is 0 Å². The van der Waals surface area contributed by atoms with Crippen molar-refractivity contribution in [2.24, 2.45) is 25.4 Å². The minimum absolute atomic E-state index is 0.0306. The molecule has 0 fully saturated rings. The lowest BCUT2D eigenvalue weighted by atomic mass is 10.2. The maximum Gasteiger partial charge on any atom is 0.220 e. The Morgan fingerprint density at radius 3 is 2.19 bits per heavy atom. The lowest BCUT2D eigenvalue weighted by Crippen LogP contribution is -2.07. The van der Waals surface area contributed by atoms with Crippen LogP contribution in [0.3, 0.4) is 0 Å². The van der Waals surface area contributed by atoms with Gasteiger partial charge in [-0.1, -0.05) is 0 Å². The van der Waals surface area contributed by atoms with E-state index in [9.17, 15) is 9.50 Å². The van der Waals surface area contributed by atoms with Crippen molar-refractivity contribution in [1.29, 1.82) is 0 Å². The van der Waals surface area contributed by atoms with Gasteiger partial charge in [-0.25, -0.2) is 9.38 Å². The quantitative estimate of drug-likeness (QED) is 0.470. The van der Waals surface area contributed by atoms with Gasteiger partial charge in [-0.15, -0.1) is 5.11 Å². The Balaban J connectivity index is 1.45. The maximum absolute atomic E-state index is 14.4. The van der Waals surface area contributed by atoms with Gasteiger partial charge >= 0.3 is 0 Å². The molecule has 1 aliphatic heterocycles. The van der Waals surface area contributed by atoms with Gasteiger partial charge in [0.2, 0.25) is 5.90 Å². The van der Waals surface area contributed by atoms with E-state index >= 15 is 0 Å². The molecule has 9 heteroatoms. The highest BCUT2D eigenvalue weighted by Crippen LogP contribution is 2.30. The van der Waals surface area contributed by atoms with Gasteiger partial charge in [-0.2, -0.15) is 15.3 Å². The smallest absolute Gasteiger partial charge is 0.220 e. The zero-order valence-corrected chi connectivity index (χ0v) is 17.6. The van der Waals surface area contributed by atoms with Crippen LogP contribution in [-0.2, 0) is 4.74 Å². The molecule has 0 bridgehead atoms. The lowest BCUT2D eigenvalue weighted by molar-refractivity contribution is 0.346. The first-order chi connectivity index (χ1) is 15.5. The Morgan fingerprint density at radius 2 is 1.53 bits per heavy atom. The molecule has 3 aromatic rings. The van der Waals surface area contributed by atoms with E-state index in [-0.39, 0.29) is 11.4 Å². The van der Waals surface area contributed by atoms with Crippen LogP contribution < -0.4 is 4.90 Å². The number of hydrogen-bond donors (Lipinski definition) is 1. The fourth-order valence-electron chi connectivity index (χ4n) is 2.94. The molecule has 1 heterocycles. The predicted molar refractivity (Wildman–Crippen MR) is 121 cm³/mol. The highest BCUT2D eigenvalue weighted by molar-refractivity contribution is 5.97. The fraction of sp³-hybridized carbons (Fsp3) is 0.174. The second kappa shape index (κ2) is 9.34. The van der Waals surface area contributed by atoms with Gasteiger partial charge in [-0.3, -0.25) is 0 Å². The van der Waals surface area contributed by atoms with Crippen molar-refractivity contribution in [2.45, 2.75) is 0 Å². The summed E-state index contributed by atoms with van der Waals surface area (Å²) in [5, 5.41) is 26.3. The number of phenolic OH excluding ortho intramolecular Hbond substituents is 1. The molecule has 0 atom stereocenters. The summed E-state index contributed by atoms with van der Waals surface area (Å²) in [5.74, 6) is -0.213. The summed E-state index contributed by atoms with van der Waals surface area (Å²) in [6, 6.07) is 16.5. The number of aromatic hydroxyl groups is 1. The Morgan fingerprint density at radius 1 is 0.875 bits per heavy atom. The van der Waals surface area contributed by atoms with Crippen LogP contribution in [0.15, 0.2) is 86.1 Å². The second-order valence-electron chi connectivity index (χ2n) is 7.18. The molecule has 0 spiro atoms. The van der Waals surface area contributed by atoms with Crippen LogP contribution >= 0.6 is 0 Å². The van der Waals surface area contributed by atoms with E-state index in [4.69, 9.17) is 4.74 Å². The molecule has 4 rings (SSSR count). The number of aliphatic imine (C=N–C) groups is 1. The van der Waals surface area contributed by atoms with Crippen LogP contribution in [0.25, 0.3) is 0 Å². The Bertz CT molecular complexity index is 1210. The fourth-order valence-corrected chi connectivity index (χ4v) is 2.94. The highest BCUT2D eigenvalue weighted by Gasteiger charge is 2.14. The highest BCUT2D eigenvalue weighted by atomic mass is 19.1. The van der Waals surface area contributed by atoms with E-state index in [0.29, 0.717) is 41.7 Å². The van der Waals surface area contributed by atoms with Gasteiger partial charge in [0, 0.05) is 31.9 Å². The molecule has 8 nitrogen and oxygen atoms in total. The predicted octanol–water partition coefficient (Wildman–Crippen LogP) is 6.20. The molecule has 0 amide bonds. The third kappa shape index (κ3) is 4.94. The average Bonchev–Trinajstić information content (AvgIpc) is 3.32. The molecule has 0 saturated carbocycles. The standard InChI is InChI=1S/C23H21FN6O2/c1-30(2)18-7-3-15(4-8-18)26-27-16-6-10-21(20(24)13-16)29-28-17-5-9-19(22(31)14-17)23-25-11-12-32-23/h3-10,13-14,31H,11-12H2,1-2H3. The first kappa shape index (κ1) is 21.1. The number of phenols is 1. The van der Waals surface area contributed by atoms with Crippen LogP contribution in [0.5, 0.6) is 5.75 Å². The van der Waals surface area contributed by atoms with Crippen molar-refractivity contribution in [3.8, 4) is 5.75 Å². The Kier molecular flexibility index (Phi) is 6.16. The summed E-state index contributed by atoms with van der Waals surface area (Å²) in [6.45, 7) is 1.06. The first-order valence-corrected chi connectivity index (χ1v) is 9.91. The first-order valence-electron chi connectivity index (χ1n) is 9.91. The van der Waals surface area contributed by atoms with Crippen molar-refractivity contribution in [3.05, 3.63) is 72.0 Å². The number of anilines is 1. The summed E-state index contributed by atoms with van der Waals surface area (Å²) in [4.78, 5) is 6.15. The van der Waals surface area contributed by atoms with Gasteiger partial charge in [0.1, 0.15) is 18.0 Å². The van der Waals surface area contributed by atoms with E-state index in [0.717, 1.165) is 5.69 Å². The number of nitrogens with zero attached hydrogens (tertiary/aromatic N) is 6. The van der Waals surface area contributed by atoms with Crippen LogP contribution in [0, 0.1) is 5.82 Å². The summed E-state index contributed by atoms with van der Waals surface area (Å²) in [5.41, 5.74) is 2.97. The van der Waals surface area contributed by atoms with Crippen LogP contribution in [0.2, 0.25) is 0 Å². The molecule has 0 aliphatic carbocycles. The Labute approximate surface area is 184 Å². The number of benzene rings is 3. The van der Waals surface area contributed by atoms with Gasteiger partial charge in [-0.05, 0) is 48.5 Å². The van der Waals surface area contributed by atoms with Crippen molar-refractivity contribution in [3.63, 3.8) is 0 Å². The van der Waals surface area contributed by atoms with Crippen molar-refractivity contribution in [2.75, 3.05) is 32.1 Å². The topological polar surface area (TPSA) is 94.5 Å². The molecule has 1 N–H and O–H groups in total. The number of hydrogen-bond acceptors (Lipinski definition) is 8. The van der Waals surface area contributed by atoms with Crippen molar-refractivity contribution in [1.82, 2.24) is 0 Å². The van der Waals surface area contributed by atoms with Crippen LogP contribution in [0.4, 0.5) is 32.8 Å². The molecule has 0 unspecified atom stereocenters. The minimum Gasteiger partial charge on any atom is -0.507 e. The third-order valence-electron chi connectivity index (χ3n) is 4.65. The zero-order valence-electron chi connectivity index (χ0n) is 17.6. The normalized spacial score (nSPS) is 13.5. The van der Waals surface area contributed by atoms with Crippen LogP contribution in [-0.4, -0.2) is 38.3 Å². The van der Waals surface area contributed by atoms with Crippen molar-refractivity contribution < 1.29 is 14.2 Å². The molecular weight excluding hydrogens is 411 g/mol. The number of ether oxygens (including phenoxy) is 1. The van der Waals surface area contributed by atoms with E-state index in [1.165, 1.54) is 18.2 Å². The maximum atomic E-state index is 14.4. The van der Waals surface area contributed by atoms with Crippen molar-refractivity contribution >= 4 is 34.3 Å². The number of halogens is 1. The van der Waals surface area contributed by atoms with E-state index in [1.807, 2.05) is 43.3 Å². The third-order valence-corrected chi connectivity index (χ3v) is 4.65. The number of azo groups is 2. The zero-order chi connectivity index (χ0) is 22.5. The Hall–Kier alpha value is -4.14. The summed E-state index contributed by atoms with van der Waals surface area (Å²) < 4.78 is 19.8. The van der Waals surface area contributed by atoms with E-state index < -0.39 is 5.82 Å². The van der Waals surface area contributed by atoms with E-state index in [1.54, 1.807) is 18.2 Å². The van der Waals surface area contributed by atoms with Gasteiger partial charge in [0.05, 0.1) is 29.2 Å². The monoisotopic (exact) mass is 432 g/mol. The van der Waals surface area contributed by atoms with Crippen LogP contribution in [0.1, 0.15) is 5.56 Å². The average molecular weight is 432 g/mol. The number of rotatable bonds is 6. The molecule has 162 valence electrons. The molecule has 0 saturated heterocycles. The summed E-state index contributed by atoms with van der Waals surface area (Å²) in [6.07, 6.45) is 0. The van der Waals surface area contributed by atoms with Gasteiger partial charge in [0.15, 0.2) is 5.82 Å². The molecule has 0 radical (unpaired) electrons. The van der Waals surface area contributed by atoms with E-state index in [2.05, 4.69) is 25.4 Å². The van der Waals surface area contributed by atoms with Gasteiger partial charge < -0.3 is 14.7 Å². The largest absolute Gasteiger partial charge is 0.507 e. The minimum atomic E-state index is -0.581. The SMILES string of the molecule is CN(C)c1ccc(N=Nc2ccc(N=Nc3ccc(C4=NCCO4)c(O)c3)c(F)c2)cc1. The molecule has 3 aromatic carbocycles. The molecular formula is C23H21FN6O2. The summed E-state index contributed by atoms with van der Waals surface area (Å²) >= 11 is 0. The molecule has 32 heavy (non-hydrogen) atoms. The molecule has 1 aliphatic rings. The second-order valence-corrected chi connectivity index (χ2v) is 7.18. The lowest BCUT2D eigenvalue weighted by Gasteiger charge is -2.11. The summed E-state index contributed by atoms with van der Waals surface area (Å²) in [7, 11) is 3.91. The molecule has 0 aromatic heterocycles.